The Labute approximate surface area is 272 Å². The molecule has 5 aromatic rings. The molecule has 0 saturated heterocycles. The molecule has 0 aliphatic carbocycles. The van der Waals surface area contributed by atoms with Crippen molar-refractivity contribution in [2.45, 2.75) is 58.8 Å². The molecule has 0 unspecified atom stereocenters. The van der Waals surface area contributed by atoms with Crippen LogP contribution in [-0.2, 0) is 24.4 Å². The van der Waals surface area contributed by atoms with Crippen molar-refractivity contribution < 1.29 is 14.3 Å². The first-order chi connectivity index (χ1) is 22.6. The number of aryl methyl sites for hydroxylation is 1. The Morgan fingerprint density at radius 1 is 0.915 bits per heavy atom. The van der Waals surface area contributed by atoms with Crippen molar-refractivity contribution in [2.24, 2.45) is 0 Å². The Bertz CT molecular complexity index is 1960. The van der Waals surface area contributed by atoms with Crippen molar-refractivity contribution in [3.63, 3.8) is 0 Å². The van der Waals surface area contributed by atoms with Gasteiger partial charge in [-0.05, 0) is 86.7 Å². The fourth-order valence-corrected chi connectivity index (χ4v) is 5.46. The van der Waals surface area contributed by atoms with Crippen molar-refractivity contribution in [3.8, 4) is 22.4 Å². The second kappa shape index (κ2) is 13.4. The molecule has 11 nitrogen and oxygen atoms in total. The van der Waals surface area contributed by atoms with E-state index in [4.69, 9.17) is 9.84 Å². The number of pyridine rings is 2. The van der Waals surface area contributed by atoms with Gasteiger partial charge in [-0.25, -0.2) is 14.3 Å². The Hall–Kier alpha value is -5.58. The van der Waals surface area contributed by atoms with Crippen molar-refractivity contribution in [1.82, 2.24) is 30.0 Å². The molecule has 0 bridgehead atoms. The molecule has 11 heteroatoms. The van der Waals surface area contributed by atoms with E-state index in [1.54, 1.807) is 29.6 Å². The van der Waals surface area contributed by atoms with E-state index >= 15 is 0 Å². The summed E-state index contributed by atoms with van der Waals surface area (Å²) in [5, 5.41) is 11.4. The van der Waals surface area contributed by atoms with Gasteiger partial charge in [0.1, 0.15) is 5.60 Å². The first kappa shape index (κ1) is 31.4. The van der Waals surface area contributed by atoms with Gasteiger partial charge in [-0.15, -0.1) is 0 Å². The van der Waals surface area contributed by atoms with Gasteiger partial charge in [0.05, 0.1) is 16.8 Å². The third-order valence-corrected chi connectivity index (χ3v) is 7.80. The highest BCUT2D eigenvalue weighted by atomic mass is 16.6. The number of benzene rings is 2. The number of urea groups is 1. The summed E-state index contributed by atoms with van der Waals surface area (Å²) >= 11 is 0. The first-order valence-electron chi connectivity index (χ1n) is 15.7. The Balaban J connectivity index is 1.20. The van der Waals surface area contributed by atoms with Gasteiger partial charge < -0.3 is 20.3 Å². The summed E-state index contributed by atoms with van der Waals surface area (Å²) in [7, 11) is 0. The minimum atomic E-state index is -0.571. The number of amides is 3. The molecule has 2 aromatic carbocycles. The molecule has 6 rings (SSSR count). The van der Waals surface area contributed by atoms with E-state index in [9.17, 15) is 14.4 Å². The number of carbonyl (C=O) groups is 2. The van der Waals surface area contributed by atoms with Crippen LogP contribution in [0.15, 0.2) is 90.1 Å². The zero-order chi connectivity index (χ0) is 33.0. The number of hydrogen-bond donors (Lipinski definition) is 2. The molecule has 3 aromatic heterocycles. The summed E-state index contributed by atoms with van der Waals surface area (Å²) in [6.07, 6.45) is 6.06. The van der Waals surface area contributed by atoms with Gasteiger partial charge in [0, 0.05) is 61.4 Å². The smallest absolute Gasteiger partial charge is 0.407 e. The van der Waals surface area contributed by atoms with Crippen LogP contribution >= 0.6 is 0 Å². The summed E-state index contributed by atoms with van der Waals surface area (Å²) in [5.41, 5.74) is 5.48. The summed E-state index contributed by atoms with van der Waals surface area (Å²) in [5.74, 6) is 0. The predicted octanol–water partition coefficient (Wildman–Crippen LogP) is 6.37. The monoisotopic (exact) mass is 631 g/mol. The average Bonchev–Trinajstić information content (AvgIpc) is 3.49. The lowest BCUT2D eigenvalue weighted by Crippen LogP contribution is -2.33. The number of hydrogen-bond acceptors (Lipinski definition) is 7. The number of nitrogens with zero attached hydrogens (tertiary/aromatic N) is 5. The molecule has 1 aliphatic heterocycles. The van der Waals surface area contributed by atoms with Crippen LogP contribution in [0.1, 0.15) is 44.7 Å². The van der Waals surface area contributed by atoms with E-state index in [1.807, 2.05) is 81.4 Å². The van der Waals surface area contributed by atoms with Crippen LogP contribution in [0.5, 0.6) is 0 Å². The quantitative estimate of drug-likeness (QED) is 0.190. The van der Waals surface area contributed by atoms with Gasteiger partial charge in [0.25, 0.3) is 5.56 Å². The number of fused-ring (bicyclic) bond motifs is 2. The minimum absolute atomic E-state index is 0.186. The number of alkyl carbamates (subject to hydrolysis) is 1. The van der Waals surface area contributed by atoms with Gasteiger partial charge in [0.2, 0.25) is 0 Å². The molecule has 0 atom stereocenters. The third kappa shape index (κ3) is 7.63. The van der Waals surface area contributed by atoms with Crippen LogP contribution < -0.4 is 16.2 Å². The van der Waals surface area contributed by atoms with E-state index in [0.29, 0.717) is 56.0 Å². The molecule has 0 radical (unpaired) electrons. The van der Waals surface area contributed by atoms with Crippen LogP contribution in [0.4, 0.5) is 15.3 Å². The second-order valence-electron chi connectivity index (χ2n) is 12.5. The van der Waals surface area contributed by atoms with E-state index in [0.717, 1.165) is 33.2 Å². The number of aromatic nitrogens is 4. The topological polar surface area (TPSA) is 131 Å². The lowest BCUT2D eigenvalue weighted by molar-refractivity contribution is 0.0526. The Kier molecular flexibility index (Phi) is 8.97. The predicted molar refractivity (Wildman–Crippen MR) is 181 cm³/mol. The maximum Gasteiger partial charge on any atom is 0.407 e. The molecule has 3 amide bonds. The maximum absolute atomic E-state index is 13.7. The van der Waals surface area contributed by atoms with Crippen LogP contribution in [0.25, 0.3) is 33.3 Å². The molecule has 1 aliphatic rings. The Morgan fingerprint density at radius 3 is 2.49 bits per heavy atom. The molecule has 2 N–H and O–H groups in total. The fraction of sp³-hybridized carbons (Fsp3) is 0.278. The normalized spacial score (nSPS) is 12.5. The molecule has 47 heavy (non-hydrogen) atoms. The third-order valence-electron chi connectivity index (χ3n) is 7.80. The number of unbranched alkanes of at least 4 members (excludes halogenated alkanes) is 1. The van der Waals surface area contributed by atoms with E-state index in [1.165, 1.54) is 4.68 Å². The molecular weight excluding hydrogens is 594 g/mol. The fourth-order valence-electron chi connectivity index (χ4n) is 5.46. The van der Waals surface area contributed by atoms with E-state index in [2.05, 4.69) is 20.6 Å². The molecule has 0 fully saturated rings. The SMILES string of the molecule is CC(C)(C)OC(=O)NCCCCn1nc(-c2ccc(NC(=O)N3Cc4ccncc4C3)cc2)cc(-c2ccc3cccnc3c2)c1=O. The molecule has 240 valence electrons. The zero-order valence-electron chi connectivity index (χ0n) is 26.7. The average molecular weight is 632 g/mol. The van der Waals surface area contributed by atoms with Gasteiger partial charge in [-0.2, -0.15) is 5.10 Å². The number of nitrogens with one attached hydrogen (secondary N) is 2. The standard InChI is InChI=1S/C36H37N7O4/c1-36(2,3)47-35(46)39-15-4-5-18-43-33(44)30(26-9-8-24-7-6-16-38-31(24)19-26)20-32(41-43)25-10-12-29(13-11-25)40-34(45)42-22-27-14-17-37-21-28(27)23-42/h6-14,16-17,19-21H,4-5,15,18,22-23H2,1-3H3,(H,39,46)(H,40,45). The number of anilines is 1. The van der Waals surface area contributed by atoms with Gasteiger partial charge in [0.15, 0.2) is 0 Å². The van der Waals surface area contributed by atoms with Crippen molar-refractivity contribution >= 4 is 28.7 Å². The lowest BCUT2D eigenvalue weighted by Gasteiger charge is -2.19. The molecule has 0 spiro atoms. The van der Waals surface area contributed by atoms with Gasteiger partial charge in [-0.1, -0.05) is 30.3 Å². The minimum Gasteiger partial charge on any atom is -0.444 e. The highest BCUT2D eigenvalue weighted by Crippen LogP contribution is 2.27. The Morgan fingerprint density at radius 2 is 1.70 bits per heavy atom. The molecular formula is C36H37N7O4. The zero-order valence-corrected chi connectivity index (χ0v) is 26.7. The van der Waals surface area contributed by atoms with Crippen LogP contribution in [0.2, 0.25) is 0 Å². The lowest BCUT2D eigenvalue weighted by atomic mass is 10.0. The summed E-state index contributed by atoms with van der Waals surface area (Å²) in [6, 6.07) is 20.6. The second-order valence-corrected chi connectivity index (χ2v) is 12.5. The van der Waals surface area contributed by atoms with Crippen molar-refractivity contribution in [1.29, 1.82) is 0 Å². The highest BCUT2D eigenvalue weighted by molar-refractivity contribution is 5.90. The highest BCUT2D eigenvalue weighted by Gasteiger charge is 2.23. The van der Waals surface area contributed by atoms with Gasteiger partial charge in [-0.3, -0.25) is 14.8 Å². The number of ether oxygens (including phenoxy) is 1. The molecule has 0 saturated carbocycles. The van der Waals surface area contributed by atoms with E-state index < -0.39 is 11.7 Å². The number of carbonyl (C=O) groups excluding carboxylic acids is 2. The summed E-state index contributed by atoms with van der Waals surface area (Å²) in [6.45, 7) is 7.28. The van der Waals surface area contributed by atoms with Crippen LogP contribution in [0, 0.1) is 0 Å². The molecule has 4 heterocycles. The summed E-state index contributed by atoms with van der Waals surface area (Å²) < 4.78 is 6.78. The summed E-state index contributed by atoms with van der Waals surface area (Å²) in [4.78, 5) is 49.1. The largest absolute Gasteiger partial charge is 0.444 e. The van der Waals surface area contributed by atoms with Gasteiger partial charge >= 0.3 is 12.1 Å². The first-order valence-corrected chi connectivity index (χ1v) is 15.7. The van der Waals surface area contributed by atoms with Crippen molar-refractivity contribution in [2.75, 3.05) is 11.9 Å². The van der Waals surface area contributed by atoms with E-state index in [-0.39, 0.29) is 11.6 Å². The number of rotatable bonds is 8. The van der Waals surface area contributed by atoms with Crippen LogP contribution in [-0.4, -0.2) is 48.9 Å². The van der Waals surface area contributed by atoms with Crippen molar-refractivity contribution in [3.05, 3.63) is 107 Å². The maximum atomic E-state index is 13.7. The van der Waals surface area contributed by atoms with Crippen LogP contribution in [0.3, 0.4) is 0 Å².